The van der Waals surface area contributed by atoms with E-state index >= 15 is 0 Å². The molecule has 0 aromatic carbocycles. The third-order valence-corrected chi connectivity index (χ3v) is 7.77. The molecule has 4 fully saturated rings. The Labute approximate surface area is 165 Å². The minimum atomic E-state index is 0.0669. The predicted octanol–water partition coefficient (Wildman–Crippen LogP) is 4.23. The molecular weight excluding hydrogens is 336 g/mol. The number of nitrogens with zero attached hydrogens (tertiary/aromatic N) is 2. The Hall–Kier alpha value is -1.06. The van der Waals surface area contributed by atoms with E-state index in [0.717, 1.165) is 38.8 Å². The zero-order valence-electron chi connectivity index (χ0n) is 18.2. The van der Waals surface area contributed by atoms with E-state index in [0.29, 0.717) is 22.9 Å². The van der Waals surface area contributed by atoms with Gasteiger partial charge >= 0.3 is 0 Å². The standard InChI is InChI=1S/C23H38N2O2/c1-20(2)8-16-10-22(5,12-20)14-24(16)18(26)7-19(27)25-15-23(6)11-17(25)9-21(3,4)13-23/h16-17H,7-15H2,1-6H3. The molecule has 0 spiro atoms. The number of rotatable bonds is 2. The van der Waals surface area contributed by atoms with Crippen LogP contribution in [0.1, 0.15) is 86.5 Å². The molecule has 0 radical (unpaired) electrons. The van der Waals surface area contributed by atoms with Gasteiger partial charge in [-0.15, -0.1) is 0 Å². The van der Waals surface area contributed by atoms with Gasteiger partial charge in [0.25, 0.3) is 0 Å². The van der Waals surface area contributed by atoms with Crippen LogP contribution in [-0.2, 0) is 9.59 Å². The number of hydrogen-bond donors (Lipinski definition) is 0. The Kier molecular flexibility index (Phi) is 4.09. The van der Waals surface area contributed by atoms with Crippen molar-refractivity contribution >= 4 is 11.8 Å². The molecule has 2 aliphatic carbocycles. The molecule has 152 valence electrons. The maximum absolute atomic E-state index is 13.1. The van der Waals surface area contributed by atoms with Gasteiger partial charge in [0, 0.05) is 25.2 Å². The van der Waals surface area contributed by atoms with Gasteiger partial charge in [-0.2, -0.15) is 0 Å². The van der Waals surface area contributed by atoms with Gasteiger partial charge < -0.3 is 9.80 Å². The number of likely N-dealkylation sites (tertiary alicyclic amines) is 2. The molecule has 4 unspecified atom stereocenters. The van der Waals surface area contributed by atoms with E-state index in [2.05, 4.69) is 51.3 Å². The second kappa shape index (κ2) is 5.73. The molecular formula is C23H38N2O2. The van der Waals surface area contributed by atoms with E-state index in [1.54, 1.807) is 0 Å². The third kappa shape index (κ3) is 3.53. The van der Waals surface area contributed by atoms with Crippen molar-refractivity contribution in [2.24, 2.45) is 21.7 Å². The molecule has 2 amide bonds. The average molecular weight is 375 g/mol. The molecule has 4 heteroatoms. The van der Waals surface area contributed by atoms with Gasteiger partial charge in [-0.1, -0.05) is 41.5 Å². The van der Waals surface area contributed by atoms with Crippen molar-refractivity contribution in [2.45, 2.75) is 98.6 Å². The summed E-state index contributed by atoms with van der Waals surface area (Å²) in [5.41, 5.74) is 1.05. The van der Waals surface area contributed by atoms with Gasteiger partial charge in [0.2, 0.25) is 11.8 Å². The smallest absolute Gasteiger partial charge is 0.232 e. The van der Waals surface area contributed by atoms with Crippen molar-refractivity contribution in [3.05, 3.63) is 0 Å². The van der Waals surface area contributed by atoms with Crippen LogP contribution in [0.5, 0.6) is 0 Å². The number of carbonyl (C=O) groups is 2. The monoisotopic (exact) mass is 374 g/mol. The van der Waals surface area contributed by atoms with E-state index in [1.807, 2.05) is 0 Å². The zero-order valence-corrected chi connectivity index (χ0v) is 18.2. The average Bonchev–Trinajstić information content (AvgIpc) is 2.86. The molecule has 2 saturated heterocycles. The van der Waals surface area contributed by atoms with Crippen LogP contribution in [-0.4, -0.2) is 46.8 Å². The summed E-state index contributed by atoms with van der Waals surface area (Å²) in [4.78, 5) is 30.3. The number of amides is 2. The van der Waals surface area contributed by atoms with Gasteiger partial charge in [0.1, 0.15) is 6.42 Å². The van der Waals surface area contributed by atoms with Crippen LogP contribution < -0.4 is 0 Å². The van der Waals surface area contributed by atoms with Crippen LogP contribution in [0.3, 0.4) is 0 Å². The van der Waals surface area contributed by atoms with Gasteiger partial charge in [-0.25, -0.2) is 0 Å². The Morgan fingerprint density at radius 3 is 1.44 bits per heavy atom. The number of hydrogen-bond acceptors (Lipinski definition) is 2. The van der Waals surface area contributed by atoms with Crippen LogP contribution >= 0.6 is 0 Å². The van der Waals surface area contributed by atoms with Crippen LogP contribution in [0, 0.1) is 21.7 Å². The summed E-state index contributed by atoms with van der Waals surface area (Å²) in [6, 6.07) is 0.654. The Bertz CT molecular complexity index is 613. The summed E-state index contributed by atoms with van der Waals surface area (Å²) in [5, 5.41) is 0. The van der Waals surface area contributed by atoms with E-state index < -0.39 is 0 Å². The largest absolute Gasteiger partial charge is 0.339 e. The molecule has 27 heavy (non-hydrogen) atoms. The second-order valence-corrected chi connectivity index (χ2v) is 12.6. The topological polar surface area (TPSA) is 40.6 Å². The lowest BCUT2D eigenvalue weighted by Crippen LogP contribution is -2.42. The SMILES string of the molecule is CC1(C)CC2CC(C)(CN2C(=O)CC(=O)N2CC3(C)CC2CC(C)(C)C3)C1. The van der Waals surface area contributed by atoms with E-state index in [4.69, 9.17) is 0 Å². The molecule has 2 heterocycles. The molecule has 4 nitrogen and oxygen atoms in total. The fourth-order valence-electron chi connectivity index (χ4n) is 7.84. The molecule has 4 rings (SSSR count). The molecule has 0 aromatic rings. The van der Waals surface area contributed by atoms with Crippen molar-refractivity contribution in [3.8, 4) is 0 Å². The van der Waals surface area contributed by atoms with Crippen molar-refractivity contribution in [1.29, 1.82) is 0 Å². The van der Waals surface area contributed by atoms with Crippen molar-refractivity contribution < 1.29 is 9.59 Å². The fraction of sp³-hybridized carbons (Fsp3) is 0.913. The molecule has 4 bridgehead atoms. The molecule has 2 aliphatic heterocycles. The Balaban J connectivity index is 1.43. The summed E-state index contributed by atoms with van der Waals surface area (Å²) in [6.45, 7) is 15.6. The van der Waals surface area contributed by atoms with Crippen molar-refractivity contribution in [1.82, 2.24) is 9.80 Å². The van der Waals surface area contributed by atoms with E-state index in [9.17, 15) is 9.59 Å². The summed E-state index contributed by atoms with van der Waals surface area (Å²) in [7, 11) is 0. The van der Waals surface area contributed by atoms with Crippen LogP contribution in [0.4, 0.5) is 0 Å². The minimum absolute atomic E-state index is 0.0669. The Morgan fingerprint density at radius 1 is 0.704 bits per heavy atom. The molecule has 2 saturated carbocycles. The number of fused-ring (bicyclic) bond motifs is 4. The molecule has 0 aromatic heterocycles. The van der Waals surface area contributed by atoms with Gasteiger partial charge in [-0.3, -0.25) is 9.59 Å². The lowest BCUT2D eigenvalue weighted by atomic mass is 9.65. The summed E-state index contributed by atoms with van der Waals surface area (Å²) in [5.74, 6) is 0.134. The molecule has 4 atom stereocenters. The third-order valence-electron chi connectivity index (χ3n) is 7.77. The summed E-state index contributed by atoms with van der Waals surface area (Å²) < 4.78 is 0. The normalized spacial score (nSPS) is 41.7. The lowest BCUT2D eigenvalue weighted by molar-refractivity contribution is -0.141. The highest BCUT2D eigenvalue weighted by atomic mass is 16.2. The first-order valence-corrected chi connectivity index (χ1v) is 10.9. The van der Waals surface area contributed by atoms with Gasteiger partial charge in [0.15, 0.2) is 0 Å². The zero-order chi connectivity index (χ0) is 19.8. The Morgan fingerprint density at radius 2 is 1.07 bits per heavy atom. The fourth-order valence-corrected chi connectivity index (χ4v) is 7.84. The van der Waals surface area contributed by atoms with Crippen LogP contribution in [0.25, 0.3) is 0 Å². The highest BCUT2D eigenvalue weighted by Crippen LogP contribution is 2.54. The van der Waals surface area contributed by atoms with Crippen LogP contribution in [0.15, 0.2) is 0 Å². The van der Waals surface area contributed by atoms with Gasteiger partial charge in [-0.05, 0) is 60.2 Å². The van der Waals surface area contributed by atoms with Crippen molar-refractivity contribution in [2.75, 3.05) is 13.1 Å². The molecule has 4 aliphatic rings. The van der Waals surface area contributed by atoms with Gasteiger partial charge in [0.05, 0.1) is 0 Å². The second-order valence-electron chi connectivity index (χ2n) is 12.6. The van der Waals surface area contributed by atoms with E-state index in [1.165, 1.54) is 12.8 Å². The summed E-state index contributed by atoms with van der Waals surface area (Å²) >= 11 is 0. The lowest BCUT2D eigenvalue weighted by Gasteiger charge is -2.39. The quantitative estimate of drug-likeness (QED) is 0.679. The molecule has 0 N–H and O–H groups in total. The highest BCUT2D eigenvalue weighted by Gasteiger charge is 2.53. The van der Waals surface area contributed by atoms with E-state index in [-0.39, 0.29) is 29.1 Å². The highest BCUT2D eigenvalue weighted by molar-refractivity contribution is 5.97. The van der Waals surface area contributed by atoms with Crippen LogP contribution in [0.2, 0.25) is 0 Å². The first-order valence-electron chi connectivity index (χ1n) is 10.9. The maximum Gasteiger partial charge on any atom is 0.232 e. The van der Waals surface area contributed by atoms with Crippen molar-refractivity contribution in [3.63, 3.8) is 0 Å². The summed E-state index contributed by atoms with van der Waals surface area (Å²) in [6.07, 6.45) is 6.78. The first kappa shape index (κ1) is 19.3. The maximum atomic E-state index is 13.1. The first-order chi connectivity index (χ1) is 12.3. The number of carbonyl (C=O) groups excluding carboxylic acids is 2. The minimum Gasteiger partial charge on any atom is -0.339 e. The predicted molar refractivity (Wildman–Crippen MR) is 107 cm³/mol.